The van der Waals surface area contributed by atoms with Crippen LogP contribution in [0, 0.1) is 0 Å². The molecule has 2 aliphatic rings. The van der Waals surface area contributed by atoms with E-state index in [4.69, 9.17) is 5.11 Å². The summed E-state index contributed by atoms with van der Waals surface area (Å²) in [6, 6.07) is 3.08. The topological polar surface area (TPSA) is 319 Å². The lowest BCUT2D eigenvalue weighted by molar-refractivity contribution is -0.141. The van der Waals surface area contributed by atoms with E-state index in [0.29, 0.717) is 43.2 Å². The van der Waals surface area contributed by atoms with Crippen LogP contribution in [0.1, 0.15) is 112 Å². The number of nitrogens with one attached hydrogen (secondary N) is 7. The van der Waals surface area contributed by atoms with Gasteiger partial charge >= 0.3 is 23.9 Å². The van der Waals surface area contributed by atoms with Crippen molar-refractivity contribution < 1.29 is 63.1 Å². The van der Waals surface area contributed by atoms with Crippen LogP contribution in [0.2, 0.25) is 0 Å². The highest BCUT2D eigenvalue weighted by molar-refractivity contribution is 8.00. The molecule has 1 aromatic carbocycles. The highest BCUT2D eigenvalue weighted by Crippen LogP contribution is 2.38. The quantitative estimate of drug-likeness (QED) is 0.0289. The zero-order valence-electron chi connectivity index (χ0n) is 34.2. The van der Waals surface area contributed by atoms with Crippen molar-refractivity contribution in [3.8, 4) is 0 Å². The summed E-state index contributed by atoms with van der Waals surface area (Å²) in [4.78, 5) is 105. The van der Waals surface area contributed by atoms with E-state index in [2.05, 4.69) is 31.9 Å². The Balaban J connectivity index is 1.17. The maximum atomic E-state index is 12.7. The van der Waals surface area contributed by atoms with E-state index in [1.807, 2.05) is 16.8 Å². The van der Waals surface area contributed by atoms with Crippen LogP contribution >= 0.6 is 19.3 Å². The largest absolute Gasteiger partial charge is 0.481 e. The summed E-state index contributed by atoms with van der Waals surface area (Å²) < 4.78 is 12.5. The molecule has 2 saturated heterocycles. The van der Waals surface area contributed by atoms with E-state index in [9.17, 15) is 58.0 Å². The van der Waals surface area contributed by atoms with Crippen LogP contribution in [-0.2, 0) is 39.9 Å². The molecule has 0 bridgehead atoms. The average Bonchev–Trinajstić information content (AvgIpc) is 3.77. The normalized spacial score (nSPS) is 18.6. The smallest absolute Gasteiger partial charge is 0.326 e. The van der Waals surface area contributed by atoms with Crippen LogP contribution in [0.4, 0.5) is 4.79 Å². The second kappa shape index (κ2) is 26.6. The lowest BCUT2D eigenvalue weighted by Gasteiger charge is -2.21. The van der Waals surface area contributed by atoms with E-state index < -0.39 is 68.8 Å². The summed E-state index contributed by atoms with van der Waals surface area (Å²) in [7, 11) is -4.43. The maximum Gasteiger partial charge on any atom is 0.326 e. The Bertz CT molecular complexity index is 1720. The van der Waals surface area contributed by atoms with Crippen LogP contribution in [-0.4, -0.2) is 122 Å². The van der Waals surface area contributed by atoms with Gasteiger partial charge < -0.3 is 52.1 Å². The Kier molecular flexibility index (Phi) is 22.1. The molecule has 4 unspecified atom stereocenters. The SMILES string of the molecule is O=C(O)CC[C@H](NP(=O)(O)CC[C@H](NC(=O)c1ccc(CNC(=O)CCCCCNC(=O)CCCCCNC(=O)CCCCC2SCC3NC(=O)NC32)cc1)C(=O)O)C(=O)O. The molecule has 0 saturated carbocycles. The van der Waals surface area contributed by atoms with Gasteiger partial charge in [0.2, 0.25) is 17.7 Å². The minimum absolute atomic E-state index is 0.0297. The molecular weight excluding hydrogens is 838 g/mol. The zero-order valence-corrected chi connectivity index (χ0v) is 35.9. The second-order valence-corrected chi connectivity index (χ2v) is 18.6. The first-order valence-corrected chi connectivity index (χ1v) is 23.6. The third-order valence-corrected chi connectivity index (χ3v) is 13.3. The lowest BCUT2D eigenvalue weighted by Crippen LogP contribution is -2.42. The molecule has 2 aliphatic heterocycles. The average molecular weight is 898 g/mol. The van der Waals surface area contributed by atoms with Gasteiger partial charge in [-0.25, -0.2) is 14.7 Å². The summed E-state index contributed by atoms with van der Waals surface area (Å²) in [6.45, 7) is 1.28. The molecule has 0 radical (unpaired) electrons. The summed E-state index contributed by atoms with van der Waals surface area (Å²) in [5, 5.41) is 46.7. The van der Waals surface area contributed by atoms with Crippen molar-refractivity contribution in [1.82, 2.24) is 37.0 Å². The molecule has 6 atom stereocenters. The van der Waals surface area contributed by atoms with Crippen molar-refractivity contribution in [2.24, 2.45) is 0 Å². The van der Waals surface area contributed by atoms with Gasteiger partial charge in [0, 0.05) is 68.0 Å². The number of carbonyl (C=O) groups is 8. The minimum Gasteiger partial charge on any atom is -0.481 e. The van der Waals surface area contributed by atoms with Crippen molar-refractivity contribution in [3.63, 3.8) is 0 Å². The summed E-state index contributed by atoms with van der Waals surface area (Å²) in [6.07, 6.45) is 6.07. The number of carboxylic acids is 3. The van der Waals surface area contributed by atoms with Gasteiger partial charge in [-0.05, 0) is 69.1 Å². The van der Waals surface area contributed by atoms with Gasteiger partial charge in [0.15, 0.2) is 0 Å². The highest BCUT2D eigenvalue weighted by Gasteiger charge is 2.42. The van der Waals surface area contributed by atoms with Crippen molar-refractivity contribution in [1.29, 1.82) is 0 Å². The first kappa shape index (κ1) is 50.6. The number of urea groups is 1. The van der Waals surface area contributed by atoms with Gasteiger partial charge in [0.1, 0.15) is 12.1 Å². The number of rotatable bonds is 31. The van der Waals surface area contributed by atoms with Gasteiger partial charge in [-0.1, -0.05) is 31.4 Å². The molecule has 0 spiro atoms. The van der Waals surface area contributed by atoms with Crippen molar-refractivity contribution in [2.45, 2.75) is 132 Å². The molecule has 61 heavy (non-hydrogen) atoms. The number of thioether (sulfide) groups is 1. The summed E-state index contributed by atoms with van der Waals surface area (Å²) >= 11 is 1.87. The van der Waals surface area contributed by atoms with Crippen LogP contribution in [0.3, 0.4) is 0 Å². The molecule has 11 N–H and O–H groups in total. The van der Waals surface area contributed by atoms with Crippen LogP contribution < -0.4 is 37.0 Å². The van der Waals surface area contributed by atoms with Crippen LogP contribution in [0.5, 0.6) is 0 Å². The number of benzene rings is 1. The monoisotopic (exact) mass is 897 g/mol. The third kappa shape index (κ3) is 20.1. The summed E-state index contributed by atoms with van der Waals surface area (Å²) in [5.74, 6) is -4.35. The predicted molar refractivity (Wildman–Crippen MR) is 225 cm³/mol. The van der Waals surface area contributed by atoms with Crippen molar-refractivity contribution in [2.75, 3.05) is 25.0 Å². The fourth-order valence-electron chi connectivity index (χ4n) is 6.77. The summed E-state index contributed by atoms with van der Waals surface area (Å²) in [5.41, 5.74) is 0.768. The number of amides is 6. The van der Waals surface area contributed by atoms with Gasteiger partial charge in [0.25, 0.3) is 13.4 Å². The number of unbranched alkanes of at least 4 members (excludes halogenated alkanes) is 5. The molecule has 20 nitrogen and oxygen atoms in total. The van der Waals surface area contributed by atoms with Gasteiger partial charge in [-0.3, -0.25) is 33.3 Å². The first-order valence-electron chi connectivity index (χ1n) is 20.7. The standard InChI is InChI=1S/C39H60N7O13PS/c47-31(10-3-1-7-21-41-32(48)12-6-5-9-30-35-29(24-61-30)44-39(57)45-35)40-20-8-2-4-11-33(49)42-23-25-13-15-26(16-14-25)36(52)43-27(37(53)54)19-22-60(58,59)46-28(38(55)56)17-18-34(50)51/h13-16,27-30,35H,1-12,17-24H2,(H,40,47)(H,41,48)(H,42,49)(H,43,52)(H,50,51)(H,53,54)(H,55,56)(H2,44,45,57)(H2,46,58,59)/t27-,28-,29?,30?,35?/m0/s1. The Morgan fingerprint density at radius 1 is 0.721 bits per heavy atom. The number of carboxylic acid groups (broad SMARTS) is 3. The fraction of sp³-hybridized carbons (Fsp3) is 0.641. The molecule has 1 aromatic rings. The van der Waals surface area contributed by atoms with Gasteiger partial charge in [0.05, 0.1) is 12.1 Å². The van der Waals surface area contributed by atoms with E-state index in [-0.39, 0.29) is 54.4 Å². The number of fused-ring (bicyclic) bond motifs is 1. The Hall–Kier alpha value is -4.72. The third-order valence-electron chi connectivity index (χ3n) is 10.2. The zero-order chi connectivity index (χ0) is 44.8. The lowest BCUT2D eigenvalue weighted by atomic mass is 10.0. The van der Waals surface area contributed by atoms with E-state index >= 15 is 0 Å². The van der Waals surface area contributed by atoms with Crippen molar-refractivity contribution >= 4 is 66.8 Å². The van der Waals surface area contributed by atoms with E-state index in [0.717, 1.165) is 57.1 Å². The molecule has 0 aliphatic carbocycles. The van der Waals surface area contributed by atoms with Crippen molar-refractivity contribution in [3.05, 3.63) is 35.4 Å². The molecule has 340 valence electrons. The molecular formula is C39H60N7O13PS. The van der Waals surface area contributed by atoms with Gasteiger partial charge in [-0.2, -0.15) is 11.8 Å². The molecule has 6 amide bonds. The van der Waals surface area contributed by atoms with E-state index in [1.54, 1.807) is 12.1 Å². The fourth-order valence-corrected chi connectivity index (χ4v) is 9.77. The first-order chi connectivity index (χ1) is 29.0. The number of aliphatic carboxylic acids is 3. The maximum absolute atomic E-state index is 12.7. The van der Waals surface area contributed by atoms with Gasteiger partial charge in [-0.15, -0.1) is 0 Å². The second-order valence-electron chi connectivity index (χ2n) is 15.2. The Morgan fingerprint density at radius 2 is 1.30 bits per heavy atom. The highest BCUT2D eigenvalue weighted by atomic mass is 32.2. The minimum atomic E-state index is -4.43. The Labute approximate surface area is 358 Å². The molecule has 2 heterocycles. The predicted octanol–water partition coefficient (Wildman–Crippen LogP) is 2.05. The number of hydrogen-bond acceptors (Lipinski definition) is 10. The van der Waals surface area contributed by atoms with Crippen LogP contribution in [0.25, 0.3) is 0 Å². The Morgan fingerprint density at radius 3 is 1.87 bits per heavy atom. The molecule has 22 heteroatoms. The van der Waals surface area contributed by atoms with E-state index in [1.165, 1.54) is 12.1 Å². The number of hydrogen-bond donors (Lipinski definition) is 11. The molecule has 0 aromatic heterocycles. The molecule has 3 rings (SSSR count). The van der Waals surface area contributed by atoms with Crippen LogP contribution in [0.15, 0.2) is 24.3 Å². The number of carbonyl (C=O) groups excluding carboxylic acids is 5. The molecule has 2 fully saturated rings.